The van der Waals surface area contributed by atoms with Gasteiger partial charge in [-0.2, -0.15) is 0 Å². The SMILES string of the molecule is CCOCC(C)(O)C1(CN)CCCCCCC1. The van der Waals surface area contributed by atoms with Crippen LogP contribution in [0.3, 0.4) is 0 Å². The zero-order valence-electron chi connectivity index (χ0n) is 11.5. The summed E-state index contributed by atoms with van der Waals surface area (Å²) in [5.41, 5.74) is 5.05. The molecule has 1 unspecified atom stereocenters. The van der Waals surface area contributed by atoms with E-state index < -0.39 is 5.60 Å². The molecule has 0 aromatic carbocycles. The summed E-state index contributed by atoms with van der Waals surface area (Å²) in [4.78, 5) is 0. The van der Waals surface area contributed by atoms with Crippen LogP contribution in [0.15, 0.2) is 0 Å². The molecular weight excluding hydrogens is 214 g/mol. The van der Waals surface area contributed by atoms with Crippen molar-refractivity contribution in [3.8, 4) is 0 Å². The predicted molar refractivity (Wildman–Crippen MR) is 70.9 cm³/mol. The van der Waals surface area contributed by atoms with E-state index >= 15 is 0 Å². The zero-order chi connectivity index (χ0) is 12.8. The summed E-state index contributed by atoms with van der Waals surface area (Å²) in [5.74, 6) is 0. The van der Waals surface area contributed by atoms with Crippen molar-refractivity contribution in [2.75, 3.05) is 19.8 Å². The Kier molecular flexibility index (Phi) is 5.90. The third kappa shape index (κ3) is 3.67. The fraction of sp³-hybridized carbons (Fsp3) is 1.00. The molecule has 0 aromatic heterocycles. The van der Waals surface area contributed by atoms with Crippen molar-refractivity contribution in [2.24, 2.45) is 11.1 Å². The van der Waals surface area contributed by atoms with E-state index in [0.717, 1.165) is 12.8 Å². The molecule has 17 heavy (non-hydrogen) atoms. The van der Waals surface area contributed by atoms with Gasteiger partial charge in [-0.1, -0.05) is 32.1 Å². The molecule has 1 rings (SSSR count). The quantitative estimate of drug-likeness (QED) is 0.780. The van der Waals surface area contributed by atoms with E-state index in [2.05, 4.69) is 0 Å². The van der Waals surface area contributed by atoms with Crippen LogP contribution in [0.5, 0.6) is 0 Å². The van der Waals surface area contributed by atoms with E-state index in [0.29, 0.717) is 19.8 Å². The van der Waals surface area contributed by atoms with Crippen LogP contribution in [-0.4, -0.2) is 30.5 Å². The van der Waals surface area contributed by atoms with E-state index in [-0.39, 0.29) is 5.41 Å². The Hall–Kier alpha value is -0.120. The van der Waals surface area contributed by atoms with Crippen LogP contribution >= 0.6 is 0 Å². The minimum atomic E-state index is -0.797. The summed E-state index contributed by atoms with van der Waals surface area (Å²) in [6.07, 6.45) is 8.29. The maximum Gasteiger partial charge on any atom is 0.0919 e. The Labute approximate surface area is 106 Å². The minimum absolute atomic E-state index is 0.150. The highest BCUT2D eigenvalue weighted by Crippen LogP contribution is 2.42. The largest absolute Gasteiger partial charge is 0.387 e. The van der Waals surface area contributed by atoms with Crippen LogP contribution < -0.4 is 5.73 Å². The lowest BCUT2D eigenvalue weighted by Crippen LogP contribution is -2.53. The lowest BCUT2D eigenvalue weighted by atomic mass is 9.65. The first kappa shape index (κ1) is 14.9. The Morgan fingerprint density at radius 1 is 1.18 bits per heavy atom. The van der Waals surface area contributed by atoms with E-state index in [9.17, 15) is 5.11 Å². The first-order chi connectivity index (χ1) is 8.08. The Morgan fingerprint density at radius 2 is 1.71 bits per heavy atom. The van der Waals surface area contributed by atoms with Gasteiger partial charge in [0.15, 0.2) is 0 Å². The maximum absolute atomic E-state index is 10.7. The highest BCUT2D eigenvalue weighted by molar-refractivity contribution is 4.97. The van der Waals surface area contributed by atoms with Crippen LogP contribution in [-0.2, 0) is 4.74 Å². The fourth-order valence-corrected chi connectivity index (χ4v) is 3.00. The lowest BCUT2D eigenvalue weighted by Gasteiger charge is -2.46. The molecule has 0 heterocycles. The van der Waals surface area contributed by atoms with Crippen LogP contribution in [0.4, 0.5) is 0 Å². The van der Waals surface area contributed by atoms with E-state index in [1.807, 2.05) is 13.8 Å². The summed E-state index contributed by atoms with van der Waals surface area (Å²) in [5, 5.41) is 10.7. The third-order valence-electron chi connectivity index (χ3n) is 4.43. The first-order valence-corrected chi connectivity index (χ1v) is 7.08. The molecule has 0 bridgehead atoms. The topological polar surface area (TPSA) is 55.5 Å². The van der Waals surface area contributed by atoms with Gasteiger partial charge in [0.2, 0.25) is 0 Å². The minimum Gasteiger partial charge on any atom is -0.387 e. The van der Waals surface area contributed by atoms with Crippen LogP contribution in [0.1, 0.15) is 58.8 Å². The summed E-state index contributed by atoms with van der Waals surface area (Å²) < 4.78 is 5.44. The van der Waals surface area contributed by atoms with Gasteiger partial charge in [-0.25, -0.2) is 0 Å². The van der Waals surface area contributed by atoms with Gasteiger partial charge in [0.1, 0.15) is 0 Å². The van der Waals surface area contributed by atoms with Crippen molar-refractivity contribution in [1.29, 1.82) is 0 Å². The molecule has 0 radical (unpaired) electrons. The standard InChI is InChI=1S/C14H29NO2/c1-3-17-12-13(2,16)14(11-15)9-7-5-4-6-8-10-14/h16H,3-12,15H2,1-2H3. The third-order valence-corrected chi connectivity index (χ3v) is 4.43. The number of hydrogen-bond acceptors (Lipinski definition) is 3. The Bertz CT molecular complexity index is 208. The average molecular weight is 243 g/mol. The normalized spacial score (nSPS) is 24.7. The average Bonchev–Trinajstić information content (AvgIpc) is 2.26. The second kappa shape index (κ2) is 6.72. The summed E-state index contributed by atoms with van der Waals surface area (Å²) in [6, 6.07) is 0. The van der Waals surface area contributed by atoms with Gasteiger partial charge in [0.25, 0.3) is 0 Å². The van der Waals surface area contributed by atoms with Crippen LogP contribution in [0.25, 0.3) is 0 Å². The molecule has 102 valence electrons. The van der Waals surface area contributed by atoms with Gasteiger partial charge in [0.05, 0.1) is 12.2 Å². The summed E-state index contributed by atoms with van der Waals surface area (Å²) in [6.45, 7) is 5.48. The summed E-state index contributed by atoms with van der Waals surface area (Å²) >= 11 is 0. The van der Waals surface area contributed by atoms with E-state index in [1.165, 1.54) is 32.1 Å². The lowest BCUT2D eigenvalue weighted by molar-refractivity contribution is -0.125. The predicted octanol–water partition coefficient (Wildman–Crippen LogP) is 2.46. The molecule has 1 atom stereocenters. The van der Waals surface area contributed by atoms with Crippen LogP contribution in [0, 0.1) is 5.41 Å². The van der Waals surface area contributed by atoms with Crippen molar-refractivity contribution in [3.63, 3.8) is 0 Å². The van der Waals surface area contributed by atoms with Crippen LogP contribution in [0.2, 0.25) is 0 Å². The molecule has 0 spiro atoms. The van der Waals surface area contributed by atoms with Gasteiger partial charge >= 0.3 is 0 Å². The van der Waals surface area contributed by atoms with Gasteiger partial charge in [-0.15, -0.1) is 0 Å². The highest BCUT2D eigenvalue weighted by Gasteiger charge is 2.45. The van der Waals surface area contributed by atoms with E-state index in [4.69, 9.17) is 10.5 Å². The van der Waals surface area contributed by atoms with Crippen molar-refractivity contribution in [2.45, 2.75) is 64.4 Å². The Balaban J connectivity index is 2.74. The molecule has 0 aromatic rings. The van der Waals surface area contributed by atoms with E-state index in [1.54, 1.807) is 0 Å². The monoisotopic (exact) mass is 243 g/mol. The zero-order valence-corrected chi connectivity index (χ0v) is 11.5. The molecule has 3 heteroatoms. The second-order valence-electron chi connectivity index (χ2n) is 5.66. The number of aliphatic hydroxyl groups is 1. The molecule has 1 aliphatic carbocycles. The van der Waals surface area contributed by atoms with Crippen molar-refractivity contribution in [3.05, 3.63) is 0 Å². The van der Waals surface area contributed by atoms with Gasteiger partial charge < -0.3 is 15.6 Å². The molecule has 1 fully saturated rings. The summed E-state index contributed by atoms with van der Waals surface area (Å²) in [7, 11) is 0. The molecule has 3 nitrogen and oxygen atoms in total. The number of rotatable bonds is 5. The molecule has 3 N–H and O–H groups in total. The van der Waals surface area contributed by atoms with Crippen molar-refractivity contribution >= 4 is 0 Å². The van der Waals surface area contributed by atoms with Gasteiger partial charge in [-0.3, -0.25) is 0 Å². The highest BCUT2D eigenvalue weighted by atomic mass is 16.5. The molecule has 0 aliphatic heterocycles. The number of hydrogen-bond donors (Lipinski definition) is 2. The molecule has 0 saturated heterocycles. The molecule has 1 aliphatic rings. The maximum atomic E-state index is 10.7. The first-order valence-electron chi connectivity index (χ1n) is 7.08. The van der Waals surface area contributed by atoms with Crippen molar-refractivity contribution < 1.29 is 9.84 Å². The smallest absolute Gasteiger partial charge is 0.0919 e. The molecule has 1 saturated carbocycles. The Morgan fingerprint density at radius 3 is 2.18 bits per heavy atom. The van der Waals surface area contributed by atoms with Crippen molar-refractivity contribution in [1.82, 2.24) is 0 Å². The molecule has 0 amide bonds. The second-order valence-corrected chi connectivity index (χ2v) is 5.66. The van der Waals surface area contributed by atoms with Gasteiger partial charge in [-0.05, 0) is 26.7 Å². The number of nitrogens with two attached hydrogens (primary N) is 1. The molecular formula is C14H29NO2. The fourth-order valence-electron chi connectivity index (χ4n) is 3.00. The number of ether oxygens (including phenoxy) is 1. The van der Waals surface area contributed by atoms with Gasteiger partial charge in [0, 0.05) is 18.6 Å².